The van der Waals surface area contributed by atoms with E-state index in [1.165, 1.54) is 25.7 Å². The maximum absolute atomic E-state index is 12.0. The summed E-state index contributed by atoms with van der Waals surface area (Å²) in [6, 6.07) is 0. The van der Waals surface area contributed by atoms with Crippen molar-refractivity contribution < 1.29 is 14.6 Å². The molecule has 3 heteroatoms. The molecule has 0 bridgehead atoms. The van der Waals surface area contributed by atoms with E-state index in [0.717, 1.165) is 38.5 Å². The van der Waals surface area contributed by atoms with Crippen molar-refractivity contribution in [3.8, 4) is 0 Å². The van der Waals surface area contributed by atoms with Crippen molar-refractivity contribution in [2.75, 3.05) is 0 Å². The number of hydrogen-bond donors (Lipinski definition) is 1. The molecule has 0 aromatic heterocycles. The van der Waals surface area contributed by atoms with Crippen LogP contribution in [0.25, 0.3) is 0 Å². The third kappa shape index (κ3) is 3.34. The van der Waals surface area contributed by atoms with Gasteiger partial charge in [-0.1, -0.05) is 41.0 Å². The molecule has 1 N–H and O–H groups in total. The van der Waals surface area contributed by atoms with Crippen LogP contribution in [0.2, 0.25) is 0 Å². The van der Waals surface area contributed by atoms with Gasteiger partial charge >= 0.3 is 5.97 Å². The molecule has 0 unspecified atom stereocenters. The summed E-state index contributed by atoms with van der Waals surface area (Å²) in [5.74, 6) is 1.09. The molecular formula is C23H40O3. The van der Waals surface area contributed by atoms with E-state index < -0.39 is 5.60 Å². The zero-order valence-corrected chi connectivity index (χ0v) is 17.6. The second kappa shape index (κ2) is 7.11. The molecule has 26 heavy (non-hydrogen) atoms. The highest BCUT2D eigenvalue weighted by atomic mass is 16.5. The van der Waals surface area contributed by atoms with Gasteiger partial charge in [0.1, 0.15) is 6.10 Å². The normalized spacial score (nSPS) is 46.2. The van der Waals surface area contributed by atoms with E-state index in [2.05, 4.69) is 20.8 Å². The first-order valence-electron chi connectivity index (χ1n) is 11.1. The predicted molar refractivity (Wildman–Crippen MR) is 105 cm³/mol. The van der Waals surface area contributed by atoms with Gasteiger partial charge in [0.2, 0.25) is 0 Å². The van der Waals surface area contributed by atoms with E-state index >= 15 is 0 Å². The lowest BCUT2D eigenvalue weighted by Gasteiger charge is -2.55. The molecule has 0 saturated heterocycles. The van der Waals surface area contributed by atoms with Crippen LogP contribution in [0, 0.1) is 28.6 Å². The number of rotatable bonds is 4. The van der Waals surface area contributed by atoms with Crippen LogP contribution in [-0.4, -0.2) is 22.8 Å². The third-order valence-electron chi connectivity index (χ3n) is 8.74. The molecular weight excluding hydrogens is 324 g/mol. The summed E-state index contributed by atoms with van der Waals surface area (Å²) in [4.78, 5) is 12.0. The van der Waals surface area contributed by atoms with Crippen molar-refractivity contribution in [2.45, 2.75) is 111 Å². The molecule has 0 aliphatic heterocycles. The summed E-state index contributed by atoms with van der Waals surface area (Å²) in [6.07, 6.45) is 11.1. The first-order chi connectivity index (χ1) is 12.1. The quantitative estimate of drug-likeness (QED) is 0.671. The molecule has 3 nitrogen and oxygen atoms in total. The van der Waals surface area contributed by atoms with Crippen molar-refractivity contribution >= 4 is 5.97 Å². The van der Waals surface area contributed by atoms with Gasteiger partial charge < -0.3 is 9.84 Å². The van der Waals surface area contributed by atoms with Crippen LogP contribution < -0.4 is 0 Å². The van der Waals surface area contributed by atoms with E-state index in [-0.39, 0.29) is 28.8 Å². The smallest absolute Gasteiger partial charge is 0.308 e. The molecule has 3 aliphatic rings. The first-order valence-corrected chi connectivity index (χ1v) is 11.1. The summed E-state index contributed by atoms with van der Waals surface area (Å²) in [7, 11) is 0. The average molecular weight is 365 g/mol. The highest BCUT2D eigenvalue weighted by Gasteiger charge is 2.57. The lowest BCUT2D eigenvalue weighted by Crippen LogP contribution is -2.52. The topological polar surface area (TPSA) is 46.5 Å². The number of carbonyl (C=O) groups is 1. The molecule has 0 spiro atoms. The van der Waals surface area contributed by atoms with Gasteiger partial charge in [0, 0.05) is 0 Å². The van der Waals surface area contributed by atoms with Gasteiger partial charge in [0.15, 0.2) is 0 Å². The number of ether oxygens (including phenoxy) is 1. The first kappa shape index (κ1) is 20.2. The Hall–Kier alpha value is -0.570. The Kier molecular flexibility index (Phi) is 5.52. The molecule has 3 aliphatic carbocycles. The number of esters is 1. The number of aliphatic hydroxyl groups is 1. The third-order valence-corrected chi connectivity index (χ3v) is 8.74. The molecule has 0 aromatic carbocycles. The van der Waals surface area contributed by atoms with Gasteiger partial charge in [0.25, 0.3) is 0 Å². The van der Waals surface area contributed by atoms with Crippen molar-refractivity contribution in [3.05, 3.63) is 0 Å². The summed E-state index contributed by atoms with van der Waals surface area (Å²) >= 11 is 0. The molecule has 3 saturated carbocycles. The zero-order valence-electron chi connectivity index (χ0n) is 17.6. The minimum absolute atomic E-state index is 0.0453. The lowest BCUT2D eigenvalue weighted by atomic mass is 9.52. The van der Waals surface area contributed by atoms with Crippen LogP contribution in [0.3, 0.4) is 0 Å². The molecule has 0 radical (unpaired) electrons. The monoisotopic (exact) mass is 364 g/mol. The summed E-state index contributed by atoms with van der Waals surface area (Å²) in [5, 5.41) is 11.4. The van der Waals surface area contributed by atoms with Crippen molar-refractivity contribution in [3.63, 3.8) is 0 Å². The van der Waals surface area contributed by atoms with Crippen LogP contribution in [-0.2, 0) is 9.53 Å². The number of hydrogen-bond acceptors (Lipinski definition) is 3. The van der Waals surface area contributed by atoms with E-state index in [1.807, 2.05) is 13.8 Å². The summed E-state index contributed by atoms with van der Waals surface area (Å²) in [6.45, 7) is 10.9. The van der Waals surface area contributed by atoms with Crippen LogP contribution in [0.4, 0.5) is 0 Å². The number of carbonyl (C=O) groups excluding carboxylic acids is 1. The van der Waals surface area contributed by atoms with Crippen molar-refractivity contribution in [1.29, 1.82) is 0 Å². The fraction of sp³-hybridized carbons (Fsp3) is 0.957. The van der Waals surface area contributed by atoms with Gasteiger partial charge in [0.05, 0.1) is 11.5 Å². The van der Waals surface area contributed by atoms with E-state index in [0.29, 0.717) is 11.8 Å². The minimum atomic E-state index is -0.446. The number of fused-ring (bicyclic) bond motifs is 1. The Morgan fingerprint density at radius 1 is 1.15 bits per heavy atom. The fourth-order valence-corrected chi connectivity index (χ4v) is 6.54. The van der Waals surface area contributed by atoms with Crippen LogP contribution in [0.15, 0.2) is 0 Å². The highest BCUT2D eigenvalue weighted by Crippen LogP contribution is 2.61. The maximum Gasteiger partial charge on any atom is 0.308 e. The van der Waals surface area contributed by atoms with Crippen LogP contribution in [0.5, 0.6) is 0 Å². The second-order valence-corrected chi connectivity index (χ2v) is 10.5. The lowest BCUT2D eigenvalue weighted by molar-refractivity contribution is -0.162. The fourth-order valence-electron chi connectivity index (χ4n) is 6.54. The average Bonchev–Trinajstić information content (AvgIpc) is 2.90. The maximum atomic E-state index is 12.0. The SMILES string of the molecule is CC[C@@H]1C[C@@H](OC(=O)C(C)C)CC[C@]1(C)[C@H]1CC[C@]2(C)CCC[C@]2(O)C1. The Bertz CT molecular complexity index is 530. The van der Waals surface area contributed by atoms with E-state index in [4.69, 9.17) is 4.74 Å². The molecule has 0 aromatic rings. The van der Waals surface area contributed by atoms with Gasteiger partial charge in [-0.15, -0.1) is 0 Å². The van der Waals surface area contributed by atoms with Gasteiger partial charge in [-0.2, -0.15) is 0 Å². The van der Waals surface area contributed by atoms with Gasteiger partial charge in [-0.25, -0.2) is 0 Å². The van der Waals surface area contributed by atoms with E-state index in [9.17, 15) is 9.90 Å². The molecule has 150 valence electrons. The molecule has 0 heterocycles. The Balaban J connectivity index is 1.70. The molecule has 0 amide bonds. The Labute approximate surface area is 160 Å². The second-order valence-electron chi connectivity index (χ2n) is 10.5. The molecule has 3 fully saturated rings. The summed E-state index contributed by atoms with van der Waals surface area (Å²) < 4.78 is 5.78. The predicted octanol–water partition coefficient (Wildman–Crippen LogP) is 5.49. The van der Waals surface area contributed by atoms with Crippen LogP contribution in [0.1, 0.15) is 98.8 Å². The highest BCUT2D eigenvalue weighted by molar-refractivity contribution is 5.71. The van der Waals surface area contributed by atoms with Crippen molar-refractivity contribution in [2.24, 2.45) is 28.6 Å². The molecule has 3 rings (SSSR count). The van der Waals surface area contributed by atoms with Gasteiger partial charge in [-0.3, -0.25) is 4.79 Å². The Morgan fingerprint density at radius 3 is 2.54 bits per heavy atom. The zero-order chi connectivity index (χ0) is 19.2. The Morgan fingerprint density at radius 2 is 1.88 bits per heavy atom. The standard InChI is InChI=1S/C23H40O3/c1-6-17-14-19(26-20(24)16(2)3)9-13-22(17,5)18-8-12-21(4)10-7-11-23(21,25)15-18/h16-19,25H,6-15H2,1-5H3/t17-,18+,19+,21+,22+,23+/m1/s1. The van der Waals surface area contributed by atoms with E-state index in [1.54, 1.807) is 0 Å². The van der Waals surface area contributed by atoms with Crippen molar-refractivity contribution in [1.82, 2.24) is 0 Å². The minimum Gasteiger partial charge on any atom is -0.462 e. The largest absolute Gasteiger partial charge is 0.462 e. The van der Waals surface area contributed by atoms with Gasteiger partial charge in [-0.05, 0) is 80.5 Å². The van der Waals surface area contributed by atoms with Crippen LogP contribution >= 0.6 is 0 Å². The summed E-state index contributed by atoms with van der Waals surface area (Å²) in [5.41, 5.74) is -0.0289. The molecule has 6 atom stereocenters.